The van der Waals surface area contributed by atoms with E-state index in [0.29, 0.717) is 36.7 Å². The zero-order chi connectivity index (χ0) is 19.6. The summed E-state index contributed by atoms with van der Waals surface area (Å²) in [6.45, 7) is 8.78. The van der Waals surface area contributed by atoms with Crippen molar-refractivity contribution in [3.8, 4) is 6.07 Å². The number of hydrogen-bond donors (Lipinski definition) is 3. The van der Waals surface area contributed by atoms with Crippen molar-refractivity contribution < 1.29 is 13.9 Å². The maximum Gasteiger partial charge on any atom is 0.407 e. The van der Waals surface area contributed by atoms with Crippen LogP contribution in [0.3, 0.4) is 0 Å². The Morgan fingerprint density at radius 2 is 1.96 bits per heavy atom. The van der Waals surface area contributed by atoms with Crippen LogP contribution in [0.2, 0.25) is 0 Å². The molecule has 8 heteroatoms. The van der Waals surface area contributed by atoms with Gasteiger partial charge >= 0.3 is 6.09 Å². The largest absolute Gasteiger partial charge is 0.444 e. The minimum atomic E-state index is -0.546. The molecule has 0 saturated carbocycles. The van der Waals surface area contributed by atoms with Gasteiger partial charge in [-0.2, -0.15) is 5.26 Å². The average molecular weight is 363 g/mol. The summed E-state index contributed by atoms with van der Waals surface area (Å²) in [5.41, 5.74) is 0.180. The molecule has 0 bridgehead atoms. The van der Waals surface area contributed by atoms with Crippen LogP contribution in [0.1, 0.15) is 38.8 Å². The standard InChI is InChI=1S/C18H26FN5O2/c1-5-21-16(22-8-9-23-17(25)26-18(2,3)4)24-12-14-10-13(11-20)6-7-15(14)19/h6-7,10H,5,8-9,12H2,1-4H3,(H,23,25)(H2,21,22,24). The van der Waals surface area contributed by atoms with E-state index in [1.54, 1.807) is 20.8 Å². The number of amides is 1. The molecule has 1 aromatic rings. The van der Waals surface area contributed by atoms with E-state index in [1.165, 1.54) is 18.2 Å². The smallest absolute Gasteiger partial charge is 0.407 e. The number of guanidine groups is 1. The van der Waals surface area contributed by atoms with Crippen LogP contribution in [0.15, 0.2) is 23.2 Å². The van der Waals surface area contributed by atoms with Gasteiger partial charge in [0.2, 0.25) is 0 Å². The van der Waals surface area contributed by atoms with Gasteiger partial charge in [-0.15, -0.1) is 0 Å². The summed E-state index contributed by atoms with van der Waals surface area (Å²) in [7, 11) is 0. The summed E-state index contributed by atoms with van der Waals surface area (Å²) in [5, 5.41) is 17.6. The van der Waals surface area contributed by atoms with Crippen molar-refractivity contribution in [3.63, 3.8) is 0 Å². The Hall–Kier alpha value is -2.82. The second-order valence-electron chi connectivity index (χ2n) is 6.47. The quantitative estimate of drug-likeness (QED) is 0.409. The molecule has 0 aliphatic rings. The second-order valence-corrected chi connectivity index (χ2v) is 6.47. The lowest BCUT2D eigenvalue weighted by atomic mass is 10.1. The number of hydrogen-bond acceptors (Lipinski definition) is 4. The fourth-order valence-corrected chi connectivity index (χ4v) is 1.93. The Balaban J connectivity index is 2.54. The monoisotopic (exact) mass is 363 g/mol. The van der Waals surface area contributed by atoms with Gasteiger partial charge in [0, 0.05) is 25.2 Å². The van der Waals surface area contributed by atoms with Crippen LogP contribution < -0.4 is 16.0 Å². The van der Waals surface area contributed by atoms with Crippen LogP contribution in [0.5, 0.6) is 0 Å². The minimum absolute atomic E-state index is 0.0934. The Kier molecular flexibility index (Phi) is 8.35. The third kappa shape index (κ3) is 8.33. The molecule has 1 amide bonds. The lowest BCUT2D eigenvalue weighted by molar-refractivity contribution is 0.0529. The molecule has 0 aliphatic carbocycles. The van der Waals surface area contributed by atoms with Crippen molar-refractivity contribution in [1.29, 1.82) is 5.26 Å². The highest BCUT2D eigenvalue weighted by atomic mass is 19.1. The van der Waals surface area contributed by atoms with E-state index in [9.17, 15) is 9.18 Å². The molecule has 0 aliphatic heterocycles. The van der Waals surface area contributed by atoms with Gasteiger partial charge < -0.3 is 20.7 Å². The summed E-state index contributed by atoms with van der Waals surface area (Å²) >= 11 is 0. The van der Waals surface area contributed by atoms with Crippen molar-refractivity contribution >= 4 is 12.1 Å². The lowest BCUT2D eigenvalue weighted by Crippen LogP contribution is -2.42. The number of carbonyl (C=O) groups is 1. The first-order chi connectivity index (χ1) is 12.2. The summed E-state index contributed by atoms with van der Waals surface area (Å²) < 4.78 is 18.9. The molecule has 3 N–H and O–H groups in total. The first-order valence-electron chi connectivity index (χ1n) is 8.42. The molecule has 0 unspecified atom stereocenters. The van der Waals surface area contributed by atoms with E-state index >= 15 is 0 Å². The van der Waals surface area contributed by atoms with Crippen molar-refractivity contribution in [2.45, 2.75) is 39.8 Å². The van der Waals surface area contributed by atoms with E-state index < -0.39 is 17.5 Å². The summed E-state index contributed by atoms with van der Waals surface area (Å²) in [6, 6.07) is 6.14. The van der Waals surface area contributed by atoms with Gasteiger partial charge in [0.1, 0.15) is 11.4 Å². The number of ether oxygens (including phenoxy) is 1. The first kappa shape index (κ1) is 21.2. The third-order valence-corrected chi connectivity index (χ3v) is 3.01. The van der Waals surface area contributed by atoms with Gasteiger partial charge in [0.05, 0.1) is 18.2 Å². The molecule has 142 valence electrons. The van der Waals surface area contributed by atoms with Crippen molar-refractivity contribution in [2.75, 3.05) is 19.6 Å². The van der Waals surface area contributed by atoms with E-state index in [-0.39, 0.29) is 6.54 Å². The molecule has 0 spiro atoms. The highest BCUT2D eigenvalue weighted by molar-refractivity contribution is 5.79. The molecular formula is C18H26FN5O2. The number of rotatable bonds is 6. The molecule has 0 heterocycles. The molecule has 26 heavy (non-hydrogen) atoms. The molecule has 0 saturated heterocycles. The highest BCUT2D eigenvalue weighted by Gasteiger charge is 2.15. The molecule has 0 radical (unpaired) electrons. The van der Waals surface area contributed by atoms with Crippen molar-refractivity contribution in [3.05, 3.63) is 35.1 Å². The maximum absolute atomic E-state index is 13.8. The Morgan fingerprint density at radius 3 is 2.58 bits per heavy atom. The minimum Gasteiger partial charge on any atom is -0.444 e. The summed E-state index contributed by atoms with van der Waals surface area (Å²) in [5.74, 6) is 0.0791. The van der Waals surface area contributed by atoms with Crippen molar-refractivity contribution in [2.24, 2.45) is 4.99 Å². The number of nitrogens with one attached hydrogen (secondary N) is 3. The zero-order valence-corrected chi connectivity index (χ0v) is 15.6. The molecule has 1 aromatic carbocycles. The highest BCUT2D eigenvalue weighted by Crippen LogP contribution is 2.11. The third-order valence-electron chi connectivity index (χ3n) is 3.01. The zero-order valence-electron chi connectivity index (χ0n) is 15.6. The maximum atomic E-state index is 13.8. The molecule has 1 rings (SSSR count). The van der Waals surface area contributed by atoms with Gasteiger partial charge in [-0.25, -0.2) is 14.2 Å². The molecule has 7 nitrogen and oxygen atoms in total. The van der Waals surface area contributed by atoms with Gasteiger partial charge in [0.15, 0.2) is 5.96 Å². The topological polar surface area (TPSA) is 98.5 Å². The Labute approximate surface area is 153 Å². The van der Waals surface area contributed by atoms with Gasteiger partial charge in [0.25, 0.3) is 0 Å². The lowest BCUT2D eigenvalue weighted by Gasteiger charge is -2.19. The van der Waals surface area contributed by atoms with Crippen molar-refractivity contribution in [1.82, 2.24) is 16.0 Å². The number of carbonyl (C=O) groups excluding carboxylic acids is 1. The van der Waals surface area contributed by atoms with Gasteiger partial charge in [-0.05, 0) is 45.9 Å². The van der Waals surface area contributed by atoms with E-state index in [4.69, 9.17) is 10.00 Å². The molecule has 0 atom stereocenters. The van der Waals surface area contributed by atoms with Crippen LogP contribution in [-0.4, -0.2) is 37.3 Å². The van der Waals surface area contributed by atoms with Crippen LogP contribution >= 0.6 is 0 Å². The van der Waals surface area contributed by atoms with Crippen LogP contribution in [0, 0.1) is 17.1 Å². The average Bonchev–Trinajstić information content (AvgIpc) is 2.56. The van der Waals surface area contributed by atoms with Gasteiger partial charge in [-0.1, -0.05) is 0 Å². The second kappa shape index (κ2) is 10.2. The van der Waals surface area contributed by atoms with Crippen LogP contribution in [0.4, 0.5) is 9.18 Å². The SMILES string of the molecule is CCNC(=NCc1cc(C#N)ccc1F)NCCNC(=O)OC(C)(C)C. The van der Waals surface area contributed by atoms with E-state index in [2.05, 4.69) is 20.9 Å². The number of alkyl carbamates (subject to hydrolysis) is 1. The molecule has 0 fully saturated rings. The fourth-order valence-electron chi connectivity index (χ4n) is 1.93. The van der Waals surface area contributed by atoms with E-state index in [1.807, 2.05) is 13.0 Å². The number of benzene rings is 1. The van der Waals surface area contributed by atoms with E-state index in [0.717, 1.165) is 0 Å². The fraction of sp³-hybridized carbons (Fsp3) is 0.500. The van der Waals surface area contributed by atoms with Crippen LogP contribution in [0.25, 0.3) is 0 Å². The number of halogens is 1. The Bertz CT molecular complexity index is 677. The molecule has 0 aromatic heterocycles. The van der Waals surface area contributed by atoms with Gasteiger partial charge in [-0.3, -0.25) is 0 Å². The normalized spacial score (nSPS) is 11.5. The number of aliphatic imine (C=N–C) groups is 1. The van der Waals surface area contributed by atoms with Crippen LogP contribution in [-0.2, 0) is 11.3 Å². The number of nitrogens with zero attached hydrogens (tertiary/aromatic N) is 2. The predicted octanol–water partition coefficient (Wildman–Crippen LogP) is 2.28. The summed E-state index contributed by atoms with van der Waals surface area (Å²) in [6.07, 6.45) is -0.489. The first-order valence-corrected chi connectivity index (χ1v) is 8.42. The summed E-state index contributed by atoms with van der Waals surface area (Å²) in [4.78, 5) is 15.9. The Morgan fingerprint density at radius 1 is 1.27 bits per heavy atom. The predicted molar refractivity (Wildman–Crippen MR) is 98.2 cm³/mol. The molecular weight excluding hydrogens is 337 g/mol. The number of nitriles is 1.